The highest BCUT2D eigenvalue weighted by molar-refractivity contribution is 7.99. The number of nitrogens with one attached hydrogen (secondary N) is 1. The molecule has 0 aromatic carbocycles. The van der Waals surface area contributed by atoms with Gasteiger partial charge in [-0.15, -0.1) is 11.8 Å². The predicted molar refractivity (Wildman–Crippen MR) is 72.3 cm³/mol. The Bertz CT molecular complexity index is 405. The second-order valence-corrected chi connectivity index (χ2v) is 5.32. The van der Waals surface area contributed by atoms with Crippen molar-refractivity contribution in [3.05, 3.63) is 23.4 Å². The van der Waals surface area contributed by atoms with E-state index in [9.17, 15) is 5.26 Å². The highest BCUT2D eigenvalue weighted by Gasteiger charge is 2.23. The number of pyridine rings is 1. The van der Waals surface area contributed by atoms with Crippen molar-refractivity contribution in [3.8, 4) is 6.07 Å². The van der Waals surface area contributed by atoms with E-state index in [0.717, 1.165) is 18.0 Å². The molecule has 0 amide bonds. The first-order chi connectivity index (χ1) is 8.11. The van der Waals surface area contributed by atoms with E-state index in [-0.39, 0.29) is 0 Å². The van der Waals surface area contributed by atoms with Crippen molar-refractivity contribution in [1.82, 2.24) is 10.3 Å². The molecule has 17 heavy (non-hydrogen) atoms. The van der Waals surface area contributed by atoms with Crippen LogP contribution >= 0.6 is 23.4 Å². The SMILES string of the molecule is CCCNC(C)(C#N)CSc1ncccc1Cl. The molecule has 0 aliphatic heterocycles. The molecule has 1 atom stereocenters. The molecule has 1 rings (SSSR count). The van der Waals surface area contributed by atoms with Crippen molar-refractivity contribution in [2.24, 2.45) is 0 Å². The summed E-state index contributed by atoms with van der Waals surface area (Å²) in [5.74, 6) is 0.625. The fourth-order valence-electron chi connectivity index (χ4n) is 1.21. The lowest BCUT2D eigenvalue weighted by Crippen LogP contribution is -2.43. The van der Waals surface area contributed by atoms with Gasteiger partial charge in [-0.05, 0) is 32.0 Å². The van der Waals surface area contributed by atoms with Gasteiger partial charge in [0.25, 0.3) is 0 Å². The third-order valence-corrected chi connectivity index (χ3v) is 3.97. The Labute approximate surface area is 112 Å². The monoisotopic (exact) mass is 269 g/mol. The minimum atomic E-state index is -0.540. The van der Waals surface area contributed by atoms with Gasteiger partial charge in [0.2, 0.25) is 0 Å². The van der Waals surface area contributed by atoms with Crippen LogP contribution in [0.2, 0.25) is 5.02 Å². The second kappa shape index (κ2) is 6.85. The summed E-state index contributed by atoms with van der Waals surface area (Å²) < 4.78 is 0. The van der Waals surface area contributed by atoms with E-state index >= 15 is 0 Å². The molecule has 1 unspecified atom stereocenters. The van der Waals surface area contributed by atoms with Crippen LogP contribution in [0.1, 0.15) is 20.3 Å². The molecule has 0 fully saturated rings. The van der Waals surface area contributed by atoms with E-state index in [4.69, 9.17) is 11.6 Å². The van der Waals surface area contributed by atoms with Crippen LogP contribution < -0.4 is 5.32 Å². The molecule has 1 N–H and O–H groups in total. The van der Waals surface area contributed by atoms with Gasteiger partial charge in [-0.3, -0.25) is 5.32 Å². The van der Waals surface area contributed by atoms with Crippen molar-refractivity contribution >= 4 is 23.4 Å². The molecule has 0 aliphatic rings. The van der Waals surface area contributed by atoms with E-state index in [1.54, 1.807) is 18.3 Å². The Morgan fingerprint density at radius 1 is 1.65 bits per heavy atom. The number of thioether (sulfide) groups is 1. The fraction of sp³-hybridized carbons (Fsp3) is 0.500. The molecule has 3 nitrogen and oxygen atoms in total. The molecular weight excluding hydrogens is 254 g/mol. The molecule has 0 saturated heterocycles. The molecule has 1 heterocycles. The van der Waals surface area contributed by atoms with Gasteiger partial charge < -0.3 is 0 Å². The van der Waals surface area contributed by atoms with E-state index < -0.39 is 5.54 Å². The zero-order valence-electron chi connectivity index (χ0n) is 10.0. The normalized spacial score (nSPS) is 14.0. The standard InChI is InChI=1S/C12H16ClN3S/c1-3-6-16-12(2,8-14)9-17-11-10(13)5-4-7-15-11/h4-5,7,16H,3,6,9H2,1-2H3. The molecule has 1 aromatic rings. The highest BCUT2D eigenvalue weighted by atomic mass is 35.5. The van der Waals surface area contributed by atoms with Gasteiger partial charge in [-0.2, -0.15) is 5.26 Å². The Hall–Kier alpha value is -0.760. The molecule has 1 aromatic heterocycles. The summed E-state index contributed by atoms with van der Waals surface area (Å²) >= 11 is 7.51. The highest BCUT2D eigenvalue weighted by Crippen LogP contribution is 2.26. The van der Waals surface area contributed by atoms with Gasteiger partial charge >= 0.3 is 0 Å². The fourth-order valence-corrected chi connectivity index (χ4v) is 2.43. The van der Waals surface area contributed by atoms with Crippen molar-refractivity contribution in [2.75, 3.05) is 12.3 Å². The van der Waals surface area contributed by atoms with Crippen LogP contribution in [-0.4, -0.2) is 22.8 Å². The van der Waals surface area contributed by atoms with Crippen molar-refractivity contribution in [3.63, 3.8) is 0 Å². The van der Waals surface area contributed by atoms with Crippen LogP contribution in [0.3, 0.4) is 0 Å². The van der Waals surface area contributed by atoms with Gasteiger partial charge in [-0.25, -0.2) is 4.98 Å². The summed E-state index contributed by atoms with van der Waals surface area (Å²) in [5, 5.41) is 13.8. The first-order valence-electron chi connectivity index (χ1n) is 5.51. The third kappa shape index (κ3) is 4.55. The maximum atomic E-state index is 9.18. The lowest BCUT2D eigenvalue weighted by Gasteiger charge is -2.22. The van der Waals surface area contributed by atoms with E-state index in [1.165, 1.54) is 11.8 Å². The van der Waals surface area contributed by atoms with Gasteiger partial charge in [-0.1, -0.05) is 18.5 Å². The summed E-state index contributed by atoms with van der Waals surface area (Å²) in [6, 6.07) is 5.90. The zero-order chi connectivity index (χ0) is 12.7. The number of hydrogen-bond donors (Lipinski definition) is 1. The van der Waals surface area contributed by atoms with Crippen LogP contribution in [0, 0.1) is 11.3 Å². The van der Waals surface area contributed by atoms with Gasteiger partial charge in [0.1, 0.15) is 10.6 Å². The lowest BCUT2D eigenvalue weighted by atomic mass is 10.1. The number of nitriles is 1. The molecule has 0 radical (unpaired) electrons. The Morgan fingerprint density at radius 2 is 2.41 bits per heavy atom. The van der Waals surface area contributed by atoms with Crippen molar-refractivity contribution < 1.29 is 0 Å². The summed E-state index contributed by atoms with van der Waals surface area (Å²) in [4.78, 5) is 4.19. The predicted octanol–water partition coefficient (Wildman–Crippen LogP) is 3.11. The summed E-state index contributed by atoms with van der Waals surface area (Å²) in [6.45, 7) is 4.81. The molecule has 5 heteroatoms. The van der Waals surface area contributed by atoms with Gasteiger partial charge in [0, 0.05) is 11.9 Å². The largest absolute Gasteiger partial charge is 0.299 e. The van der Waals surface area contributed by atoms with E-state index in [0.29, 0.717) is 10.8 Å². The topological polar surface area (TPSA) is 48.7 Å². The minimum absolute atomic E-state index is 0.540. The van der Waals surface area contributed by atoms with Gasteiger partial charge in [0.15, 0.2) is 0 Å². The smallest absolute Gasteiger partial charge is 0.115 e. The first-order valence-corrected chi connectivity index (χ1v) is 6.87. The Balaban J connectivity index is 2.59. The summed E-state index contributed by atoms with van der Waals surface area (Å²) in [5.41, 5.74) is -0.540. The lowest BCUT2D eigenvalue weighted by molar-refractivity contribution is 0.493. The molecule has 92 valence electrons. The van der Waals surface area contributed by atoms with Crippen LogP contribution in [0.4, 0.5) is 0 Å². The molecular formula is C12H16ClN3S. The molecule has 0 aliphatic carbocycles. The molecule has 0 bridgehead atoms. The maximum Gasteiger partial charge on any atom is 0.115 e. The average molecular weight is 270 g/mol. The minimum Gasteiger partial charge on any atom is -0.299 e. The first kappa shape index (κ1) is 14.3. The Kier molecular flexibility index (Phi) is 5.76. The average Bonchev–Trinajstić information content (AvgIpc) is 2.35. The number of rotatable bonds is 6. The second-order valence-electron chi connectivity index (χ2n) is 3.95. The van der Waals surface area contributed by atoms with Crippen molar-refractivity contribution in [2.45, 2.75) is 30.8 Å². The number of nitrogens with zero attached hydrogens (tertiary/aromatic N) is 2. The number of halogens is 1. The summed E-state index contributed by atoms with van der Waals surface area (Å²) in [6.07, 6.45) is 2.71. The number of aromatic nitrogens is 1. The molecule has 0 spiro atoms. The van der Waals surface area contributed by atoms with Crippen LogP contribution in [0.25, 0.3) is 0 Å². The van der Waals surface area contributed by atoms with Gasteiger partial charge in [0.05, 0.1) is 11.1 Å². The third-order valence-electron chi connectivity index (χ3n) is 2.23. The van der Waals surface area contributed by atoms with Crippen LogP contribution in [-0.2, 0) is 0 Å². The zero-order valence-corrected chi connectivity index (χ0v) is 11.6. The van der Waals surface area contributed by atoms with Crippen LogP contribution in [0.5, 0.6) is 0 Å². The Morgan fingerprint density at radius 3 is 3.00 bits per heavy atom. The van der Waals surface area contributed by atoms with E-state index in [1.807, 2.05) is 6.92 Å². The summed E-state index contributed by atoms with van der Waals surface area (Å²) in [7, 11) is 0. The quantitative estimate of drug-likeness (QED) is 0.806. The molecule has 0 saturated carbocycles. The maximum absolute atomic E-state index is 9.18. The van der Waals surface area contributed by atoms with Crippen LogP contribution in [0.15, 0.2) is 23.4 Å². The number of hydrogen-bond acceptors (Lipinski definition) is 4. The van der Waals surface area contributed by atoms with E-state index in [2.05, 4.69) is 23.3 Å². The van der Waals surface area contributed by atoms with Crippen molar-refractivity contribution in [1.29, 1.82) is 5.26 Å².